The van der Waals surface area contributed by atoms with Gasteiger partial charge >= 0.3 is 5.97 Å². The highest BCUT2D eigenvalue weighted by atomic mass is 32.2. The van der Waals surface area contributed by atoms with Crippen molar-refractivity contribution in [2.24, 2.45) is 5.92 Å². The molecule has 2 N–H and O–H groups in total. The molecule has 1 amide bonds. The van der Waals surface area contributed by atoms with Crippen LogP contribution in [0, 0.1) is 5.92 Å². The first-order valence-corrected chi connectivity index (χ1v) is 7.56. The molecule has 1 saturated carbocycles. The van der Waals surface area contributed by atoms with Crippen molar-refractivity contribution in [1.82, 2.24) is 5.32 Å². The second-order valence-corrected chi connectivity index (χ2v) is 5.50. The van der Waals surface area contributed by atoms with Crippen molar-refractivity contribution in [2.75, 3.05) is 12.0 Å². The highest BCUT2D eigenvalue weighted by molar-refractivity contribution is 7.98. The zero-order valence-corrected chi connectivity index (χ0v) is 11.1. The predicted molar refractivity (Wildman–Crippen MR) is 69.1 cm³/mol. The lowest BCUT2D eigenvalue weighted by atomic mass is 9.88. The van der Waals surface area contributed by atoms with Crippen LogP contribution in [0.2, 0.25) is 0 Å². The summed E-state index contributed by atoms with van der Waals surface area (Å²) in [6, 6.07) is -0.725. The Bertz CT molecular complexity index is 264. The van der Waals surface area contributed by atoms with E-state index in [0.717, 1.165) is 31.4 Å². The molecule has 5 heteroatoms. The number of carbonyl (C=O) groups excluding carboxylic acids is 1. The lowest BCUT2D eigenvalue weighted by Gasteiger charge is -2.23. The van der Waals surface area contributed by atoms with Gasteiger partial charge in [-0.25, -0.2) is 4.79 Å². The van der Waals surface area contributed by atoms with Gasteiger partial charge in [-0.2, -0.15) is 11.8 Å². The summed E-state index contributed by atoms with van der Waals surface area (Å²) >= 11 is 1.60. The van der Waals surface area contributed by atoms with Gasteiger partial charge in [-0.05, 0) is 31.3 Å². The molecule has 0 aromatic heterocycles. The van der Waals surface area contributed by atoms with Crippen molar-refractivity contribution in [3.05, 3.63) is 0 Å². The molecule has 1 aliphatic rings. The SMILES string of the molecule is CSCCC(NC(=O)C1CCCCC1)C(=O)O. The largest absolute Gasteiger partial charge is 0.480 e. The van der Waals surface area contributed by atoms with Crippen LogP contribution in [0.15, 0.2) is 0 Å². The third-order valence-corrected chi connectivity index (χ3v) is 3.85. The fourth-order valence-corrected chi connectivity index (χ4v) is 2.62. The van der Waals surface area contributed by atoms with E-state index in [4.69, 9.17) is 5.11 Å². The zero-order chi connectivity index (χ0) is 12.7. The van der Waals surface area contributed by atoms with Gasteiger partial charge in [0, 0.05) is 5.92 Å². The number of rotatable bonds is 6. The van der Waals surface area contributed by atoms with Gasteiger partial charge in [0.1, 0.15) is 6.04 Å². The first-order chi connectivity index (χ1) is 8.15. The zero-order valence-electron chi connectivity index (χ0n) is 10.3. The molecule has 1 aliphatic carbocycles. The Labute approximate surface area is 107 Å². The first-order valence-electron chi connectivity index (χ1n) is 6.17. The molecule has 1 fully saturated rings. The van der Waals surface area contributed by atoms with Crippen molar-refractivity contribution in [1.29, 1.82) is 0 Å². The summed E-state index contributed by atoms with van der Waals surface area (Å²) < 4.78 is 0. The molecule has 0 saturated heterocycles. The summed E-state index contributed by atoms with van der Waals surface area (Å²) in [6.45, 7) is 0. The molecule has 1 rings (SSSR count). The Hall–Kier alpha value is -0.710. The number of carboxylic acids is 1. The van der Waals surface area contributed by atoms with Crippen LogP contribution in [0.5, 0.6) is 0 Å². The number of carboxylic acid groups (broad SMARTS) is 1. The van der Waals surface area contributed by atoms with Crippen LogP contribution in [-0.2, 0) is 9.59 Å². The minimum atomic E-state index is -0.928. The van der Waals surface area contributed by atoms with Crippen LogP contribution >= 0.6 is 11.8 Å². The fourth-order valence-electron chi connectivity index (χ4n) is 2.15. The molecule has 4 nitrogen and oxygen atoms in total. The molecule has 0 aromatic carbocycles. The van der Waals surface area contributed by atoms with E-state index in [2.05, 4.69) is 5.32 Å². The Morgan fingerprint density at radius 1 is 1.35 bits per heavy atom. The highest BCUT2D eigenvalue weighted by Crippen LogP contribution is 2.23. The summed E-state index contributed by atoms with van der Waals surface area (Å²) in [5.74, 6) is -0.219. The van der Waals surface area contributed by atoms with Gasteiger partial charge in [0.2, 0.25) is 5.91 Å². The molecule has 0 spiro atoms. The smallest absolute Gasteiger partial charge is 0.326 e. The van der Waals surface area contributed by atoms with E-state index >= 15 is 0 Å². The lowest BCUT2D eigenvalue weighted by Crippen LogP contribution is -2.44. The van der Waals surface area contributed by atoms with Gasteiger partial charge < -0.3 is 10.4 Å². The topological polar surface area (TPSA) is 66.4 Å². The first kappa shape index (κ1) is 14.4. The van der Waals surface area contributed by atoms with E-state index in [-0.39, 0.29) is 11.8 Å². The highest BCUT2D eigenvalue weighted by Gasteiger charge is 2.25. The predicted octanol–water partition coefficient (Wildman–Crippen LogP) is 1.89. The Morgan fingerprint density at radius 3 is 2.53 bits per heavy atom. The van der Waals surface area contributed by atoms with Crippen LogP contribution in [0.25, 0.3) is 0 Å². The van der Waals surface area contributed by atoms with Crippen molar-refractivity contribution in [2.45, 2.75) is 44.6 Å². The van der Waals surface area contributed by atoms with Crippen molar-refractivity contribution < 1.29 is 14.7 Å². The van der Waals surface area contributed by atoms with E-state index in [1.54, 1.807) is 11.8 Å². The second kappa shape index (κ2) is 7.58. The fraction of sp³-hybridized carbons (Fsp3) is 0.833. The summed E-state index contributed by atoms with van der Waals surface area (Å²) in [5.41, 5.74) is 0. The standard InChI is InChI=1S/C12H21NO3S/c1-17-8-7-10(12(15)16)13-11(14)9-5-3-2-4-6-9/h9-10H,2-8H2,1H3,(H,13,14)(H,15,16). The molecule has 1 unspecified atom stereocenters. The van der Waals surface area contributed by atoms with Gasteiger partial charge in [0.15, 0.2) is 0 Å². The van der Waals surface area contributed by atoms with E-state index < -0.39 is 12.0 Å². The van der Waals surface area contributed by atoms with E-state index in [1.165, 1.54) is 6.42 Å². The van der Waals surface area contributed by atoms with Crippen LogP contribution < -0.4 is 5.32 Å². The summed E-state index contributed by atoms with van der Waals surface area (Å²) in [5, 5.41) is 11.7. The number of carbonyl (C=O) groups is 2. The molecule has 17 heavy (non-hydrogen) atoms. The average Bonchev–Trinajstić information content (AvgIpc) is 2.35. The average molecular weight is 259 g/mol. The molecule has 0 heterocycles. The minimum Gasteiger partial charge on any atom is -0.480 e. The Morgan fingerprint density at radius 2 is 2.00 bits per heavy atom. The molecule has 98 valence electrons. The molecule has 0 aliphatic heterocycles. The molecule has 1 atom stereocenters. The van der Waals surface area contributed by atoms with Gasteiger partial charge in [0.05, 0.1) is 0 Å². The van der Waals surface area contributed by atoms with Crippen LogP contribution in [0.1, 0.15) is 38.5 Å². The summed E-state index contributed by atoms with van der Waals surface area (Å²) in [6.07, 6.45) is 7.60. The second-order valence-electron chi connectivity index (χ2n) is 4.52. The third kappa shape index (κ3) is 4.98. The molecule has 0 radical (unpaired) electrons. The number of amides is 1. The minimum absolute atomic E-state index is 0.0277. The Kier molecular flexibility index (Phi) is 6.40. The molecular weight excluding hydrogens is 238 g/mol. The maximum atomic E-state index is 11.9. The molecule has 0 bridgehead atoms. The summed E-state index contributed by atoms with van der Waals surface area (Å²) in [4.78, 5) is 22.9. The maximum absolute atomic E-state index is 11.9. The third-order valence-electron chi connectivity index (χ3n) is 3.20. The number of hydrogen-bond acceptors (Lipinski definition) is 3. The lowest BCUT2D eigenvalue weighted by molar-refractivity contribution is -0.142. The number of aliphatic carboxylic acids is 1. The van der Waals surface area contributed by atoms with Crippen molar-refractivity contribution >= 4 is 23.6 Å². The van der Waals surface area contributed by atoms with Crippen molar-refractivity contribution in [3.63, 3.8) is 0 Å². The monoisotopic (exact) mass is 259 g/mol. The summed E-state index contributed by atoms with van der Waals surface area (Å²) in [7, 11) is 0. The normalized spacial score (nSPS) is 18.6. The van der Waals surface area contributed by atoms with Crippen molar-refractivity contribution in [3.8, 4) is 0 Å². The van der Waals surface area contributed by atoms with Crippen LogP contribution in [0.3, 0.4) is 0 Å². The van der Waals surface area contributed by atoms with Gasteiger partial charge in [-0.1, -0.05) is 19.3 Å². The van der Waals surface area contributed by atoms with E-state index in [1.807, 2.05) is 6.26 Å². The number of nitrogens with one attached hydrogen (secondary N) is 1. The van der Waals surface area contributed by atoms with Gasteiger partial charge in [-0.3, -0.25) is 4.79 Å². The van der Waals surface area contributed by atoms with Gasteiger partial charge in [-0.15, -0.1) is 0 Å². The number of thioether (sulfide) groups is 1. The Balaban J connectivity index is 2.42. The van der Waals surface area contributed by atoms with Crippen LogP contribution in [0.4, 0.5) is 0 Å². The maximum Gasteiger partial charge on any atom is 0.326 e. The number of hydrogen-bond donors (Lipinski definition) is 2. The molecular formula is C12H21NO3S. The van der Waals surface area contributed by atoms with Gasteiger partial charge in [0.25, 0.3) is 0 Å². The van der Waals surface area contributed by atoms with Crippen LogP contribution in [-0.4, -0.2) is 35.0 Å². The molecule has 0 aromatic rings. The van der Waals surface area contributed by atoms with E-state index in [0.29, 0.717) is 6.42 Å². The quantitative estimate of drug-likeness (QED) is 0.764. The van der Waals surface area contributed by atoms with E-state index in [9.17, 15) is 9.59 Å².